The van der Waals surface area contributed by atoms with E-state index in [2.05, 4.69) is 6.92 Å². The highest BCUT2D eigenvalue weighted by Crippen LogP contribution is 2.38. The molecule has 0 heterocycles. The van der Waals surface area contributed by atoms with Gasteiger partial charge in [-0.05, 0) is 42.7 Å². The third-order valence-corrected chi connectivity index (χ3v) is 3.45. The molecule has 0 saturated heterocycles. The molecule has 1 aromatic carbocycles. The van der Waals surface area contributed by atoms with Crippen LogP contribution in [0.15, 0.2) is 24.3 Å². The van der Waals surface area contributed by atoms with Gasteiger partial charge in [-0.1, -0.05) is 25.1 Å². The number of halogens is 1. The topological polar surface area (TPSA) is 26.0 Å². The third kappa shape index (κ3) is 2.57. The maximum Gasteiger partial charge on any atom is 0.126 e. The zero-order chi connectivity index (χ0) is 10.8. The summed E-state index contributed by atoms with van der Waals surface area (Å²) < 4.78 is 13.4. The Labute approximate surface area is 90.5 Å². The molecule has 1 aromatic rings. The van der Waals surface area contributed by atoms with Gasteiger partial charge >= 0.3 is 0 Å². The minimum atomic E-state index is -0.129. The number of hydrogen-bond acceptors (Lipinski definition) is 1. The molecular formula is C13H18FN. The Morgan fingerprint density at radius 2 is 2.07 bits per heavy atom. The molecule has 0 bridgehead atoms. The first-order valence-corrected chi connectivity index (χ1v) is 5.67. The summed E-state index contributed by atoms with van der Waals surface area (Å²) in [5, 5.41) is 0. The Morgan fingerprint density at radius 3 is 2.67 bits per heavy atom. The van der Waals surface area contributed by atoms with Crippen molar-refractivity contribution in [2.45, 2.75) is 32.2 Å². The van der Waals surface area contributed by atoms with E-state index in [1.807, 2.05) is 12.1 Å². The highest BCUT2D eigenvalue weighted by atomic mass is 19.1. The number of benzene rings is 1. The largest absolute Gasteiger partial charge is 0.327 e. The Kier molecular flexibility index (Phi) is 3.06. The second-order valence-electron chi connectivity index (χ2n) is 4.66. The SMILES string of the molecule is CC(C(N)Cc1ccccc1F)C1CC1. The molecule has 0 aromatic heterocycles. The van der Waals surface area contributed by atoms with Crippen LogP contribution < -0.4 is 5.73 Å². The van der Waals surface area contributed by atoms with E-state index in [4.69, 9.17) is 5.73 Å². The van der Waals surface area contributed by atoms with Crippen molar-refractivity contribution >= 4 is 0 Å². The fraction of sp³-hybridized carbons (Fsp3) is 0.538. The summed E-state index contributed by atoms with van der Waals surface area (Å²) in [6, 6.07) is 7.01. The molecule has 2 unspecified atom stereocenters. The van der Waals surface area contributed by atoms with Gasteiger partial charge in [-0.3, -0.25) is 0 Å². The summed E-state index contributed by atoms with van der Waals surface area (Å²) in [6.45, 7) is 2.18. The van der Waals surface area contributed by atoms with Crippen LogP contribution in [0.2, 0.25) is 0 Å². The van der Waals surface area contributed by atoms with E-state index in [1.165, 1.54) is 18.9 Å². The predicted octanol–water partition coefficient (Wildman–Crippen LogP) is 2.74. The first-order chi connectivity index (χ1) is 7.18. The summed E-state index contributed by atoms with van der Waals surface area (Å²) >= 11 is 0. The lowest BCUT2D eigenvalue weighted by Crippen LogP contribution is -2.32. The van der Waals surface area contributed by atoms with Gasteiger partial charge < -0.3 is 5.73 Å². The smallest absolute Gasteiger partial charge is 0.126 e. The van der Waals surface area contributed by atoms with Crippen LogP contribution in [0.5, 0.6) is 0 Å². The maximum atomic E-state index is 13.4. The molecule has 0 amide bonds. The molecule has 1 saturated carbocycles. The van der Waals surface area contributed by atoms with E-state index >= 15 is 0 Å². The number of hydrogen-bond donors (Lipinski definition) is 1. The van der Waals surface area contributed by atoms with Gasteiger partial charge in [0.15, 0.2) is 0 Å². The van der Waals surface area contributed by atoms with E-state index in [0.29, 0.717) is 12.3 Å². The van der Waals surface area contributed by atoms with Crippen LogP contribution in [0.3, 0.4) is 0 Å². The average molecular weight is 207 g/mol. The Morgan fingerprint density at radius 1 is 1.40 bits per heavy atom. The molecule has 0 radical (unpaired) electrons. The van der Waals surface area contributed by atoms with E-state index in [0.717, 1.165) is 11.5 Å². The van der Waals surface area contributed by atoms with Crippen LogP contribution in [0.25, 0.3) is 0 Å². The highest BCUT2D eigenvalue weighted by Gasteiger charge is 2.31. The van der Waals surface area contributed by atoms with Gasteiger partial charge in [-0.2, -0.15) is 0 Å². The van der Waals surface area contributed by atoms with Crippen LogP contribution in [0.4, 0.5) is 4.39 Å². The van der Waals surface area contributed by atoms with Crippen molar-refractivity contribution in [2.75, 3.05) is 0 Å². The van der Waals surface area contributed by atoms with Gasteiger partial charge in [0.1, 0.15) is 5.82 Å². The molecule has 0 spiro atoms. The van der Waals surface area contributed by atoms with Crippen molar-refractivity contribution in [3.63, 3.8) is 0 Å². The molecule has 1 nitrogen and oxygen atoms in total. The lowest BCUT2D eigenvalue weighted by Gasteiger charge is -2.19. The standard InChI is InChI=1S/C13H18FN/c1-9(10-6-7-10)13(15)8-11-4-2-3-5-12(11)14/h2-5,9-10,13H,6-8,15H2,1H3. The van der Waals surface area contributed by atoms with Gasteiger partial charge in [-0.15, -0.1) is 0 Å². The fourth-order valence-corrected chi connectivity index (χ4v) is 2.08. The quantitative estimate of drug-likeness (QED) is 0.807. The second-order valence-corrected chi connectivity index (χ2v) is 4.66. The van der Waals surface area contributed by atoms with E-state index in [-0.39, 0.29) is 11.9 Å². The first kappa shape index (κ1) is 10.6. The first-order valence-electron chi connectivity index (χ1n) is 5.67. The van der Waals surface area contributed by atoms with Gasteiger partial charge in [0.2, 0.25) is 0 Å². The monoisotopic (exact) mass is 207 g/mol. The minimum Gasteiger partial charge on any atom is -0.327 e. The molecule has 1 aliphatic rings. The normalized spacial score (nSPS) is 19.9. The van der Waals surface area contributed by atoms with Crippen molar-refractivity contribution in [3.05, 3.63) is 35.6 Å². The molecule has 15 heavy (non-hydrogen) atoms. The van der Waals surface area contributed by atoms with Crippen molar-refractivity contribution in [2.24, 2.45) is 17.6 Å². The van der Waals surface area contributed by atoms with Crippen molar-refractivity contribution < 1.29 is 4.39 Å². The Hall–Kier alpha value is -0.890. The Bertz CT molecular complexity index is 333. The minimum absolute atomic E-state index is 0.0920. The van der Waals surface area contributed by atoms with Crippen LogP contribution in [0, 0.1) is 17.7 Å². The molecule has 2 rings (SSSR count). The summed E-state index contributed by atoms with van der Waals surface area (Å²) in [6.07, 6.45) is 3.25. The molecule has 2 atom stereocenters. The molecule has 1 fully saturated rings. The lowest BCUT2D eigenvalue weighted by atomic mass is 9.92. The molecule has 0 aliphatic heterocycles. The summed E-state index contributed by atoms with van der Waals surface area (Å²) in [5.41, 5.74) is 6.84. The van der Waals surface area contributed by atoms with E-state index in [1.54, 1.807) is 6.07 Å². The number of nitrogens with two attached hydrogens (primary N) is 1. The summed E-state index contributed by atoms with van der Waals surface area (Å²) in [5.74, 6) is 1.17. The van der Waals surface area contributed by atoms with Gasteiger partial charge in [-0.25, -0.2) is 4.39 Å². The van der Waals surface area contributed by atoms with E-state index in [9.17, 15) is 4.39 Å². The average Bonchev–Trinajstić information content (AvgIpc) is 3.04. The van der Waals surface area contributed by atoms with Crippen molar-refractivity contribution in [1.82, 2.24) is 0 Å². The highest BCUT2D eigenvalue weighted by molar-refractivity contribution is 5.18. The van der Waals surface area contributed by atoms with E-state index < -0.39 is 0 Å². The zero-order valence-electron chi connectivity index (χ0n) is 9.12. The molecule has 1 aliphatic carbocycles. The van der Waals surface area contributed by atoms with Crippen LogP contribution in [0.1, 0.15) is 25.3 Å². The van der Waals surface area contributed by atoms with Crippen molar-refractivity contribution in [3.8, 4) is 0 Å². The fourth-order valence-electron chi connectivity index (χ4n) is 2.08. The molecule has 2 heteroatoms. The zero-order valence-corrected chi connectivity index (χ0v) is 9.12. The third-order valence-electron chi connectivity index (χ3n) is 3.45. The molecular weight excluding hydrogens is 189 g/mol. The summed E-state index contributed by atoms with van der Waals surface area (Å²) in [7, 11) is 0. The van der Waals surface area contributed by atoms with Crippen LogP contribution in [-0.2, 0) is 6.42 Å². The summed E-state index contributed by atoms with van der Waals surface area (Å²) in [4.78, 5) is 0. The number of rotatable bonds is 4. The van der Waals surface area contributed by atoms with Gasteiger partial charge in [0.05, 0.1) is 0 Å². The lowest BCUT2D eigenvalue weighted by molar-refractivity contribution is 0.400. The predicted molar refractivity (Wildman–Crippen MR) is 60.0 cm³/mol. The van der Waals surface area contributed by atoms with Crippen LogP contribution in [-0.4, -0.2) is 6.04 Å². The Balaban J connectivity index is 1.98. The maximum absolute atomic E-state index is 13.4. The molecule has 82 valence electrons. The molecule has 2 N–H and O–H groups in total. The van der Waals surface area contributed by atoms with Gasteiger partial charge in [0, 0.05) is 6.04 Å². The van der Waals surface area contributed by atoms with Crippen LogP contribution >= 0.6 is 0 Å². The second kappa shape index (κ2) is 4.31. The van der Waals surface area contributed by atoms with Crippen molar-refractivity contribution in [1.29, 1.82) is 0 Å². The van der Waals surface area contributed by atoms with Gasteiger partial charge in [0.25, 0.3) is 0 Å².